The molecule has 0 bridgehead atoms. The number of ether oxygens (including phenoxy) is 2. The Morgan fingerprint density at radius 1 is 1.12 bits per heavy atom. The second kappa shape index (κ2) is 8.84. The first-order valence-corrected chi connectivity index (χ1v) is 10.5. The minimum Gasteiger partial charge on any atom is -0.365 e. The number of nitro groups is 1. The summed E-state index contributed by atoms with van der Waals surface area (Å²) in [6.45, 7) is 1.96. The Hall–Kier alpha value is -3.83. The normalized spacial score (nSPS) is 20.1. The smallest absolute Gasteiger partial charge is 0.335 e. The van der Waals surface area contributed by atoms with Crippen molar-refractivity contribution in [3.63, 3.8) is 0 Å². The molecule has 1 atom stereocenters. The van der Waals surface area contributed by atoms with Crippen LogP contribution in [0, 0.1) is 22.5 Å². The second-order valence-corrected chi connectivity index (χ2v) is 8.35. The molecule has 1 N–H and O–H groups in total. The molecule has 2 aromatic rings. The van der Waals surface area contributed by atoms with Gasteiger partial charge < -0.3 is 14.4 Å². The monoisotopic (exact) mass is 468 g/mol. The topological polar surface area (TPSA) is 131 Å². The molecule has 1 fully saturated rings. The first-order chi connectivity index (χ1) is 16.2. The van der Waals surface area contributed by atoms with Crippen LogP contribution in [0.15, 0.2) is 42.5 Å². The van der Waals surface area contributed by atoms with Gasteiger partial charge in [0.15, 0.2) is 11.7 Å². The molecule has 11 heteroatoms. The molecule has 4 rings (SSSR count). The molecule has 1 saturated heterocycles. The van der Waals surface area contributed by atoms with E-state index in [4.69, 9.17) is 9.47 Å². The molecule has 2 aliphatic heterocycles. The van der Waals surface area contributed by atoms with E-state index in [-0.39, 0.29) is 25.2 Å². The van der Waals surface area contributed by atoms with E-state index < -0.39 is 34.5 Å². The lowest BCUT2D eigenvalue weighted by molar-refractivity contribution is -0.384. The summed E-state index contributed by atoms with van der Waals surface area (Å²) < 4.78 is 10.6. The van der Waals surface area contributed by atoms with Crippen molar-refractivity contribution in [1.29, 1.82) is 0 Å². The van der Waals surface area contributed by atoms with Crippen LogP contribution in [-0.2, 0) is 25.5 Å². The van der Waals surface area contributed by atoms with E-state index in [2.05, 4.69) is 5.32 Å². The van der Waals surface area contributed by atoms with Crippen molar-refractivity contribution in [2.24, 2.45) is 5.41 Å². The molecular formula is C23H24N4O7. The van der Waals surface area contributed by atoms with E-state index in [9.17, 15) is 24.5 Å². The number of hydrogen-bond donors (Lipinski definition) is 1. The highest BCUT2D eigenvalue weighted by Crippen LogP contribution is 2.42. The number of carbonyl (C=O) groups is 3. The van der Waals surface area contributed by atoms with Crippen molar-refractivity contribution in [1.82, 2.24) is 5.32 Å². The molecule has 2 aromatic carbocycles. The van der Waals surface area contributed by atoms with Gasteiger partial charge in [0.25, 0.3) is 11.6 Å². The number of rotatable bonds is 6. The van der Waals surface area contributed by atoms with Gasteiger partial charge in [-0.3, -0.25) is 25.0 Å². The van der Waals surface area contributed by atoms with Gasteiger partial charge in [-0.1, -0.05) is 17.7 Å². The molecule has 1 unspecified atom stereocenters. The van der Waals surface area contributed by atoms with Crippen molar-refractivity contribution in [3.05, 3.63) is 63.7 Å². The summed E-state index contributed by atoms with van der Waals surface area (Å²) in [5.41, 5.74) is 0.467. The third-order valence-electron chi connectivity index (χ3n) is 6.23. The van der Waals surface area contributed by atoms with E-state index >= 15 is 0 Å². The number of nitrogens with zero attached hydrogens (tertiary/aromatic N) is 3. The van der Waals surface area contributed by atoms with Crippen LogP contribution in [0.1, 0.15) is 11.1 Å². The number of hydrogen-bond acceptors (Lipinski definition) is 8. The number of non-ortho nitro benzene ring substituents is 1. The number of fused-ring (bicyclic) bond motifs is 1. The molecule has 0 aliphatic carbocycles. The van der Waals surface area contributed by atoms with Gasteiger partial charge in [-0.2, -0.15) is 0 Å². The van der Waals surface area contributed by atoms with Gasteiger partial charge in [-0.25, -0.2) is 9.69 Å². The van der Waals surface area contributed by atoms with Crippen molar-refractivity contribution in [2.75, 3.05) is 37.1 Å². The minimum atomic E-state index is -1.69. The van der Waals surface area contributed by atoms with Crippen LogP contribution < -0.4 is 15.1 Å². The zero-order chi connectivity index (χ0) is 24.6. The lowest BCUT2D eigenvalue weighted by Gasteiger charge is -2.46. The van der Waals surface area contributed by atoms with Crippen molar-refractivity contribution < 1.29 is 28.8 Å². The Balaban J connectivity index is 1.81. The molecule has 178 valence electrons. The standard InChI is InChI=1S/C23H24N4O7/c1-14-4-6-16(7-5-14)26-21(29)23(20(28)24-22(26)30)11-15-10-17(27(31)32)8-9-18(15)25(13-23)12-19(33-2)34-3/h4-10,19H,11-13H2,1-3H3,(H,24,28,30). The van der Waals surface area contributed by atoms with Crippen LogP contribution in [0.4, 0.5) is 21.9 Å². The van der Waals surface area contributed by atoms with E-state index in [1.54, 1.807) is 35.2 Å². The quantitative estimate of drug-likeness (QED) is 0.295. The van der Waals surface area contributed by atoms with Gasteiger partial charge >= 0.3 is 6.03 Å². The molecule has 1 spiro atoms. The number of nitrogens with one attached hydrogen (secondary N) is 1. The fourth-order valence-corrected chi connectivity index (χ4v) is 4.42. The van der Waals surface area contributed by atoms with E-state index in [0.717, 1.165) is 10.5 Å². The van der Waals surface area contributed by atoms with E-state index in [1.807, 2.05) is 6.92 Å². The van der Waals surface area contributed by atoms with Gasteiger partial charge in [-0.15, -0.1) is 0 Å². The van der Waals surface area contributed by atoms with Crippen LogP contribution in [0.3, 0.4) is 0 Å². The van der Waals surface area contributed by atoms with Crippen molar-refractivity contribution in [2.45, 2.75) is 19.6 Å². The van der Waals surface area contributed by atoms with E-state index in [0.29, 0.717) is 16.9 Å². The number of carbonyl (C=O) groups excluding carboxylic acids is 3. The average molecular weight is 468 g/mol. The molecule has 2 heterocycles. The number of methoxy groups -OCH3 is 2. The molecule has 0 aromatic heterocycles. The van der Waals surface area contributed by atoms with Crippen LogP contribution in [0.2, 0.25) is 0 Å². The van der Waals surface area contributed by atoms with Gasteiger partial charge in [0, 0.05) is 38.6 Å². The maximum absolute atomic E-state index is 13.8. The second-order valence-electron chi connectivity index (χ2n) is 8.35. The number of barbiturate groups is 1. The fourth-order valence-electron chi connectivity index (χ4n) is 4.42. The maximum Gasteiger partial charge on any atom is 0.335 e. The number of urea groups is 1. The van der Waals surface area contributed by atoms with Gasteiger partial charge in [0.1, 0.15) is 0 Å². The Bertz CT molecular complexity index is 1160. The average Bonchev–Trinajstić information content (AvgIpc) is 2.82. The molecule has 11 nitrogen and oxygen atoms in total. The predicted octanol–water partition coefficient (Wildman–Crippen LogP) is 2.15. The molecular weight excluding hydrogens is 444 g/mol. The Morgan fingerprint density at radius 2 is 1.79 bits per heavy atom. The Morgan fingerprint density at radius 3 is 2.41 bits per heavy atom. The van der Waals surface area contributed by atoms with Crippen molar-refractivity contribution in [3.8, 4) is 0 Å². The van der Waals surface area contributed by atoms with Crippen LogP contribution in [0.5, 0.6) is 0 Å². The van der Waals surface area contributed by atoms with Crippen LogP contribution in [-0.4, -0.2) is 56.4 Å². The number of amides is 4. The molecule has 0 radical (unpaired) electrons. The first-order valence-electron chi connectivity index (χ1n) is 10.5. The largest absolute Gasteiger partial charge is 0.365 e. The van der Waals surface area contributed by atoms with Crippen molar-refractivity contribution >= 4 is 34.9 Å². The highest BCUT2D eigenvalue weighted by Gasteiger charge is 2.57. The predicted molar refractivity (Wildman–Crippen MR) is 121 cm³/mol. The van der Waals surface area contributed by atoms with Crippen LogP contribution >= 0.6 is 0 Å². The summed E-state index contributed by atoms with van der Waals surface area (Å²) in [5, 5.41) is 13.7. The number of nitro benzene ring substituents is 1. The van der Waals surface area contributed by atoms with Crippen LogP contribution in [0.25, 0.3) is 0 Å². The Kier molecular flexibility index (Phi) is 6.07. The zero-order valence-corrected chi connectivity index (χ0v) is 18.9. The lowest BCUT2D eigenvalue weighted by atomic mass is 9.74. The third-order valence-corrected chi connectivity index (χ3v) is 6.23. The number of anilines is 2. The maximum atomic E-state index is 13.8. The summed E-state index contributed by atoms with van der Waals surface area (Å²) in [5.74, 6) is -1.45. The molecule has 34 heavy (non-hydrogen) atoms. The Labute approximate surface area is 195 Å². The van der Waals surface area contributed by atoms with Gasteiger partial charge in [0.05, 0.1) is 17.2 Å². The summed E-state index contributed by atoms with van der Waals surface area (Å²) in [7, 11) is 2.92. The molecule has 2 aliphatic rings. The minimum absolute atomic E-state index is 0.0681. The highest BCUT2D eigenvalue weighted by atomic mass is 16.7. The summed E-state index contributed by atoms with van der Waals surface area (Å²) >= 11 is 0. The molecule has 0 saturated carbocycles. The highest BCUT2D eigenvalue weighted by molar-refractivity contribution is 6.30. The van der Waals surface area contributed by atoms with E-state index in [1.165, 1.54) is 26.4 Å². The number of imide groups is 2. The lowest BCUT2D eigenvalue weighted by Crippen LogP contribution is -2.69. The third kappa shape index (κ3) is 3.88. The summed E-state index contributed by atoms with van der Waals surface area (Å²) in [6.07, 6.45) is -0.791. The molecule has 4 amide bonds. The summed E-state index contributed by atoms with van der Waals surface area (Å²) in [6, 6.07) is 10.2. The van der Waals surface area contributed by atoms with Gasteiger partial charge in [-0.05, 0) is 37.1 Å². The fraction of sp³-hybridized carbons (Fsp3) is 0.348. The first kappa shape index (κ1) is 23.3. The number of benzene rings is 2. The van der Waals surface area contributed by atoms with Gasteiger partial charge in [0.2, 0.25) is 5.91 Å². The number of aryl methyl sites for hydroxylation is 1. The summed E-state index contributed by atoms with van der Waals surface area (Å²) in [4.78, 5) is 53.3. The SMILES string of the molecule is COC(CN1CC2(Cc3cc([N+](=O)[O-])ccc31)C(=O)NC(=O)N(c1ccc(C)cc1)C2=O)OC. The zero-order valence-electron chi connectivity index (χ0n) is 18.9.